The van der Waals surface area contributed by atoms with Crippen molar-refractivity contribution in [2.45, 2.75) is 63.8 Å². The minimum Gasteiger partial charge on any atom is -0.394 e. The van der Waals surface area contributed by atoms with Crippen LogP contribution in [0.5, 0.6) is 0 Å². The van der Waals surface area contributed by atoms with E-state index < -0.39 is 37.3 Å². The van der Waals surface area contributed by atoms with Crippen molar-refractivity contribution in [2.75, 3.05) is 6.61 Å². The molecule has 0 aromatic heterocycles. The number of hydrogen-bond acceptors (Lipinski definition) is 6. The maximum Gasteiger partial charge on any atom is 0.225 e. The molecule has 1 aromatic carbocycles. The van der Waals surface area contributed by atoms with Gasteiger partial charge in [0.2, 0.25) is 5.91 Å². The summed E-state index contributed by atoms with van der Waals surface area (Å²) in [5.41, 5.74) is 2.25. The van der Waals surface area contributed by atoms with E-state index in [0.717, 1.165) is 5.56 Å². The van der Waals surface area contributed by atoms with Crippen LogP contribution >= 0.6 is 0 Å². The molecule has 1 saturated heterocycles. The standard InChI is InChI=1S/C19H29NO6/c1-10(2)13-6-4-12(5-7-13)8-11(3)18(25)20-19-17(24)16(23)15(22)14(9-21)26-19/h4-7,10-11,14-17,19,21-24H,8-9H2,1-3H3,(H,20,25)/t11-,14-,15-,16+,17-,19-/m1/s1. The normalized spacial score (nSPS) is 30.2. The summed E-state index contributed by atoms with van der Waals surface area (Å²) in [6.07, 6.45) is -6.15. The average Bonchev–Trinajstić information content (AvgIpc) is 2.62. The van der Waals surface area contributed by atoms with Gasteiger partial charge in [-0.3, -0.25) is 4.79 Å². The fourth-order valence-corrected chi connectivity index (χ4v) is 2.99. The number of carbonyl (C=O) groups excluding carboxylic acids is 1. The molecule has 146 valence electrons. The predicted octanol–water partition coefficient (Wildman–Crippen LogP) is -0.0953. The van der Waals surface area contributed by atoms with Crippen LogP contribution in [0.2, 0.25) is 0 Å². The topological polar surface area (TPSA) is 119 Å². The molecule has 5 N–H and O–H groups in total. The molecule has 6 atom stereocenters. The molecule has 7 heteroatoms. The van der Waals surface area contributed by atoms with E-state index in [2.05, 4.69) is 19.2 Å². The Morgan fingerprint density at radius 1 is 1.08 bits per heavy atom. The second-order valence-electron chi connectivity index (χ2n) is 7.26. The lowest BCUT2D eigenvalue weighted by molar-refractivity contribution is -0.236. The highest BCUT2D eigenvalue weighted by atomic mass is 16.6. The largest absolute Gasteiger partial charge is 0.394 e. The third kappa shape index (κ3) is 4.81. The molecular weight excluding hydrogens is 338 g/mol. The first-order chi connectivity index (χ1) is 12.2. The number of benzene rings is 1. The van der Waals surface area contributed by atoms with Crippen LogP contribution in [0.15, 0.2) is 24.3 Å². The lowest BCUT2D eigenvalue weighted by Gasteiger charge is -2.40. The van der Waals surface area contributed by atoms with Gasteiger partial charge in [0.05, 0.1) is 6.61 Å². The molecule has 2 rings (SSSR count). The highest BCUT2D eigenvalue weighted by molar-refractivity contribution is 5.78. The molecule has 7 nitrogen and oxygen atoms in total. The van der Waals surface area contributed by atoms with Gasteiger partial charge in [-0.1, -0.05) is 45.0 Å². The second kappa shape index (κ2) is 8.92. The minimum absolute atomic E-state index is 0.345. The summed E-state index contributed by atoms with van der Waals surface area (Å²) in [5, 5.41) is 41.3. The molecule has 1 aromatic rings. The number of carbonyl (C=O) groups is 1. The SMILES string of the molecule is CC(C)c1ccc(C[C@@H](C)C(=O)N[C@@H]2O[C@H](CO)[C@@H](O)[C@H](O)[C@H]2O)cc1. The Kier molecular flexibility index (Phi) is 7.14. The van der Waals surface area contributed by atoms with Crippen LogP contribution < -0.4 is 5.32 Å². The van der Waals surface area contributed by atoms with Crippen molar-refractivity contribution in [3.63, 3.8) is 0 Å². The smallest absolute Gasteiger partial charge is 0.225 e. The molecule has 0 spiro atoms. The van der Waals surface area contributed by atoms with Crippen molar-refractivity contribution in [3.8, 4) is 0 Å². The molecule has 1 amide bonds. The Hall–Kier alpha value is -1.51. The zero-order valence-corrected chi connectivity index (χ0v) is 15.4. The van der Waals surface area contributed by atoms with Crippen molar-refractivity contribution < 1.29 is 30.0 Å². The summed E-state index contributed by atoms with van der Waals surface area (Å²) in [4.78, 5) is 12.4. The number of aliphatic hydroxyl groups is 4. The molecule has 0 bridgehead atoms. The van der Waals surface area contributed by atoms with Crippen LogP contribution in [0.1, 0.15) is 37.8 Å². The Balaban J connectivity index is 1.95. The number of aliphatic hydroxyl groups excluding tert-OH is 4. The molecule has 1 aliphatic rings. The first kappa shape index (κ1) is 20.8. The molecule has 0 unspecified atom stereocenters. The first-order valence-corrected chi connectivity index (χ1v) is 8.94. The molecular formula is C19H29NO6. The summed E-state index contributed by atoms with van der Waals surface area (Å²) >= 11 is 0. The maximum absolute atomic E-state index is 12.4. The molecule has 1 heterocycles. The quantitative estimate of drug-likeness (QED) is 0.479. The lowest BCUT2D eigenvalue weighted by Crippen LogP contribution is -2.63. The number of ether oxygens (including phenoxy) is 1. The molecule has 0 radical (unpaired) electrons. The Morgan fingerprint density at radius 2 is 1.69 bits per heavy atom. The fraction of sp³-hybridized carbons (Fsp3) is 0.632. The van der Waals surface area contributed by atoms with Gasteiger partial charge >= 0.3 is 0 Å². The number of amides is 1. The molecule has 0 saturated carbocycles. The highest BCUT2D eigenvalue weighted by Crippen LogP contribution is 2.21. The average molecular weight is 367 g/mol. The van der Waals surface area contributed by atoms with Gasteiger partial charge in [-0.25, -0.2) is 0 Å². The molecule has 26 heavy (non-hydrogen) atoms. The second-order valence-corrected chi connectivity index (χ2v) is 7.26. The van der Waals surface area contributed by atoms with Crippen molar-refractivity contribution in [1.82, 2.24) is 5.32 Å². The van der Waals surface area contributed by atoms with E-state index in [9.17, 15) is 25.2 Å². The summed E-state index contributed by atoms with van der Waals surface area (Å²) < 4.78 is 5.30. The van der Waals surface area contributed by atoms with Crippen LogP contribution in [0, 0.1) is 5.92 Å². The van der Waals surface area contributed by atoms with Gasteiger partial charge in [0.1, 0.15) is 24.4 Å². The van der Waals surface area contributed by atoms with Gasteiger partial charge in [-0.15, -0.1) is 0 Å². The van der Waals surface area contributed by atoms with Crippen molar-refractivity contribution >= 4 is 5.91 Å². The van der Waals surface area contributed by atoms with Crippen molar-refractivity contribution in [2.24, 2.45) is 5.92 Å². The summed E-state index contributed by atoms with van der Waals surface area (Å²) in [6.45, 7) is 5.46. The van der Waals surface area contributed by atoms with Crippen molar-refractivity contribution in [1.29, 1.82) is 0 Å². The summed E-state index contributed by atoms with van der Waals surface area (Å²) in [6, 6.07) is 8.07. The molecule has 1 fully saturated rings. The van der Waals surface area contributed by atoms with Gasteiger partial charge in [0.15, 0.2) is 6.23 Å². The van der Waals surface area contributed by atoms with Crippen LogP contribution in [-0.4, -0.2) is 63.6 Å². The zero-order chi connectivity index (χ0) is 19.4. The summed E-state index contributed by atoms with van der Waals surface area (Å²) in [5.74, 6) is -0.287. The molecule has 0 aliphatic carbocycles. The predicted molar refractivity (Wildman–Crippen MR) is 95.3 cm³/mol. The Labute approximate surface area is 153 Å². The molecule has 1 aliphatic heterocycles. The zero-order valence-electron chi connectivity index (χ0n) is 15.4. The van der Waals surface area contributed by atoms with Crippen LogP contribution in [0.3, 0.4) is 0 Å². The van der Waals surface area contributed by atoms with Gasteiger partial charge in [-0.2, -0.15) is 0 Å². The van der Waals surface area contributed by atoms with Gasteiger partial charge < -0.3 is 30.5 Å². The number of rotatable bonds is 6. The third-order valence-electron chi connectivity index (χ3n) is 4.81. The fourth-order valence-electron chi connectivity index (χ4n) is 2.99. The number of hydrogen-bond donors (Lipinski definition) is 5. The van der Waals surface area contributed by atoms with E-state index in [1.54, 1.807) is 6.92 Å². The van der Waals surface area contributed by atoms with E-state index in [4.69, 9.17) is 4.74 Å². The van der Waals surface area contributed by atoms with Gasteiger partial charge in [-0.05, 0) is 23.5 Å². The first-order valence-electron chi connectivity index (χ1n) is 8.94. The van der Waals surface area contributed by atoms with Crippen LogP contribution in [0.4, 0.5) is 0 Å². The highest BCUT2D eigenvalue weighted by Gasteiger charge is 2.44. The van der Waals surface area contributed by atoms with E-state index in [0.29, 0.717) is 12.3 Å². The van der Waals surface area contributed by atoms with Crippen molar-refractivity contribution in [3.05, 3.63) is 35.4 Å². The minimum atomic E-state index is -1.51. The van der Waals surface area contributed by atoms with Gasteiger partial charge in [0.25, 0.3) is 0 Å². The maximum atomic E-state index is 12.4. The van der Waals surface area contributed by atoms with Gasteiger partial charge in [0, 0.05) is 5.92 Å². The monoisotopic (exact) mass is 367 g/mol. The number of nitrogens with one attached hydrogen (secondary N) is 1. The Bertz CT molecular complexity index is 588. The Morgan fingerprint density at radius 3 is 2.23 bits per heavy atom. The summed E-state index contributed by atoms with van der Waals surface area (Å²) in [7, 11) is 0. The van der Waals surface area contributed by atoms with E-state index in [1.165, 1.54) is 5.56 Å². The third-order valence-corrected chi connectivity index (χ3v) is 4.81. The van der Waals surface area contributed by atoms with E-state index in [-0.39, 0.29) is 11.8 Å². The van der Waals surface area contributed by atoms with Crippen LogP contribution in [0.25, 0.3) is 0 Å². The lowest BCUT2D eigenvalue weighted by atomic mass is 9.95. The van der Waals surface area contributed by atoms with E-state index >= 15 is 0 Å². The van der Waals surface area contributed by atoms with Crippen LogP contribution in [-0.2, 0) is 16.0 Å². The van der Waals surface area contributed by atoms with E-state index in [1.807, 2.05) is 24.3 Å².